The van der Waals surface area contributed by atoms with E-state index in [0.717, 1.165) is 19.5 Å². The van der Waals surface area contributed by atoms with Crippen LogP contribution in [0, 0.1) is 5.92 Å². The molecule has 0 atom stereocenters. The van der Waals surface area contributed by atoms with Crippen molar-refractivity contribution in [3.63, 3.8) is 0 Å². The molecule has 0 bridgehead atoms. The quantitative estimate of drug-likeness (QED) is 0.750. The van der Waals surface area contributed by atoms with Gasteiger partial charge in [-0.3, -0.25) is 9.10 Å². The number of amides is 1. The summed E-state index contributed by atoms with van der Waals surface area (Å²) in [5.74, 6) is 0.636. The number of likely N-dealkylation sites (tertiary alicyclic amines) is 1. The van der Waals surface area contributed by atoms with E-state index >= 15 is 0 Å². The minimum atomic E-state index is -3.30. The maximum atomic E-state index is 12.3. The maximum Gasteiger partial charge on any atom is 0.251 e. The number of hydrogen-bond donors (Lipinski definition) is 1. The Balaban J connectivity index is 1.88. The van der Waals surface area contributed by atoms with Crippen molar-refractivity contribution >= 4 is 21.6 Å². The third-order valence-electron chi connectivity index (χ3n) is 5.08. The van der Waals surface area contributed by atoms with Crippen molar-refractivity contribution < 1.29 is 13.2 Å². The zero-order valence-electron chi connectivity index (χ0n) is 16.1. The Morgan fingerprint density at radius 2 is 1.81 bits per heavy atom. The Kier molecular flexibility index (Phi) is 7.46. The van der Waals surface area contributed by atoms with Gasteiger partial charge in [0.25, 0.3) is 5.91 Å². The average molecular weight is 382 g/mol. The van der Waals surface area contributed by atoms with Gasteiger partial charge in [0.05, 0.1) is 11.4 Å². The molecular weight excluding hydrogens is 350 g/mol. The highest BCUT2D eigenvalue weighted by atomic mass is 32.2. The molecule has 26 heavy (non-hydrogen) atoms. The van der Waals surface area contributed by atoms with Gasteiger partial charge in [0.1, 0.15) is 0 Å². The number of anilines is 1. The lowest BCUT2D eigenvalue weighted by Gasteiger charge is -2.28. The summed E-state index contributed by atoms with van der Waals surface area (Å²) >= 11 is 0. The minimum Gasteiger partial charge on any atom is -0.352 e. The van der Waals surface area contributed by atoms with Gasteiger partial charge in [-0.15, -0.1) is 0 Å². The summed E-state index contributed by atoms with van der Waals surface area (Å²) in [6, 6.07) is 6.77. The summed E-state index contributed by atoms with van der Waals surface area (Å²) in [5, 5.41) is 2.98. The van der Waals surface area contributed by atoms with Gasteiger partial charge in [-0.1, -0.05) is 0 Å². The van der Waals surface area contributed by atoms with Crippen LogP contribution in [0.1, 0.15) is 43.5 Å². The van der Waals surface area contributed by atoms with Crippen LogP contribution in [0.5, 0.6) is 0 Å². The molecule has 1 heterocycles. The van der Waals surface area contributed by atoms with Crippen molar-refractivity contribution in [2.75, 3.05) is 43.3 Å². The van der Waals surface area contributed by atoms with Crippen LogP contribution in [0.25, 0.3) is 0 Å². The van der Waals surface area contributed by atoms with Gasteiger partial charge in [-0.25, -0.2) is 8.42 Å². The van der Waals surface area contributed by atoms with Crippen LogP contribution in [-0.2, 0) is 10.0 Å². The van der Waals surface area contributed by atoms with Crippen LogP contribution >= 0.6 is 0 Å². The van der Waals surface area contributed by atoms with E-state index in [9.17, 15) is 13.2 Å². The SMILES string of the molecule is CCN(c1ccc(C(=O)NCCC2CCN(C)CC2)cc1)S(=O)(=O)CC. The first kappa shape index (κ1) is 20.7. The third kappa shape index (κ3) is 5.45. The van der Waals surface area contributed by atoms with Gasteiger partial charge in [-0.05, 0) is 83.4 Å². The van der Waals surface area contributed by atoms with Gasteiger partial charge in [0.15, 0.2) is 0 Å². The first-order chi connectivity index (χ1) is 12.4. The Morgan fingerprint density at radius 1 is 1.19 bits per heavy atom. The lowest BCUT2D eigenvalue weighted by molar-refractivity contribution is 0.0949. The summed E-state index contributed by atoms with van der Waals surface area (Å²) in [7, 11) is -1.15. The first-order valence-electron chi connectivity index (χ1n) is 9.44. The van der Waals surface area contributed by atoms with E-state index in [-0.39, 0.29) is 11.7 Å². The smallest absolute Gasteiger partial charge is 0.251 e. The highest BCUT2D eigenvalue weighted by molar-refractivity contribution is 7.92. The Bertz CT molecular complexity index is 680. The molecular formula is C19H31N3O3S. The molecule has 0 spiro atoms. The molecule has 6 nitrogen and oxygen atoms in total. The van der Waals surface area contributed by atoms with Crippen molar-refractivity contribution in [3.8, 4) is 0 Å². The number of hydrogen-bond acceptors (Lipinski definition) is 4. The number of carbonyl (C=O) groups is 1. The molecule has 1 aliphatic rings. The highest BCUT2D eigenvalue weighted by Crippen LogP contribution is 2.20. The Labute approximate surface area is 157 Å². The average Bonchev–Trinajstić information content (AvgIpc) is 2.64. The van der Waals surface area contributed by atoms with Crippen LogP contribution in [0.3, 0.4) is 0 Å². The van der Waals surface area contributed by atoms with E-state index in [1.807, 2.05) is 0 Å². The second kappa shape index (κ2) is 9.37. The molecule has 1 saturated heterocycles. The fourth-order valence-corrected chi connectivity index (χ4v) is 4.47. The molecule has 1 fully saturated rings. The monoisotopic (exact) mass is 381 g/mol. The Hall–Kier alpha value is -1.60. The summed E-state index contributed by atoms with van der Waals surface area (Å²) in [6.07, 6.45) is 3.40. The number of rotatable bonds is 8. The van der Waals surface area contributed by atoms with E-state index in [1.54, 1.807) is 38.1 Å². The number of sulfonamides is 1. The van der Waals surface area contributed by atoms with E-state index in [4.69, 9.17) is 0 Å². The standard InChI is InChI=1S/C19H31N3O3S/c1-4-22(26(24,25)5-2)18-8-6-17(7-9-18)19(23)20-13-10-16-11-14-21(3)15-12-16/h6-9,16H,4-5,10-15H2,1-3H3,(H,20,23). The molecule has 0 unspecified atom stereocenters. The Morgan fingerprint density at radius 3 is 2.35 bits per heavy atom. The molecule has 1 aromatic rings. The number of piperidine rings is 1. The molecule has 0 aromatic heterocycles. The molecule has 0 radical (unpaired) electrons. The van der Waals surface area contributed by atoms with Gasteiger partial charge >= 0.3 is 0 Å². The van der Waals surface area contributed by atoms with Gasteiger partial charge in [0, 0.05) is 18.7 Å². The van der Waals surface area contributed by atoms with Crippen molar-refractivity contribution in [2.45, 2.75) is 33.1 Å². The fraction of sp³-hybridized carbons (Fsp3) is 0.632. The third-order valence-corrected chi connectivity index (χ3v) is 6.95. The van der Waals surface area contributed by atoms with Gasteiger partial charge in [-0.2, -0.15) is 0 Å². The summed E-state index contributed by atoms with van der Waals surface area (Å²) < 4.78 is 25.6. The second-order valence-electron chi connectivity index (χ2n) is 6.90. The van der Waals surface area contributed by atoms with E-state index in [1.165, 1.54) is 17.1 Å². The minimum absolute atomic E-state index is 0.0556. The van der Waals surface area contributed by atoms with E-state index < -0.39 is 10.0 Å². The lowest BCUT2D eigenvalue weighted by atomic mass is 9.94. The zero-order chi connectivity index (χ0) is 19.2. The van der Waals surface area contributed by atoms with E-state index in [2.05, 4.69) is 17.3 Å². The lowest BCUT2D eigenvalue weighted by Crippen LogP contribution is -2.33. The van der Waals surface area contributed by atoms with Gasteiger partial charge < -0.3 is 10.2 Å². The molecule has 2 rings (SSSR count). The molecule has 7 heteroatoms. The molecule has 0 saturated carbocycles. The molecule has 1 aromatic carbocycles. The number of nitrogens with one attached hydrogen (secondary N) is 1. The van der Waals surface area contributed by atoms with Crippen LogP contribution in [0.4, 0.5) is 5.69 Å². The summed E-state index contributed by atoms with van der Waals surface area (Å²) in [4.78, 5) is 14.6. The first-order valence-corrected chi connectivity index (χ1v) is 11.1. The topological polar surface area (TPSA) is 69.7 Å². The maximum absolute atomic E-state index is 12.3. The molecule has 1 aliphatic heterocycles. The van der Waals surface area contributed by atoms with Crippen molar-refractivity contribution in [1.82, 2.24) is 10.2 Å². The second-order valence-corrected chi connectivity index (χ2v) is 9.09. The number of nitrogens with zero attached hydrogens (tertiary/aromatic N) is 2. The van der Waals surface area contributed by atoms with Crippen LogP contribution in [-0.4, -0.2) is 58.2 Å². The zero-order valence-corrected chi connectivity index (χ0v) is 16.9. The van der Waals surface area contributed by atoms with Crippen molar-refractivity contribution in [1.29, 1.82) is 0 Å². The predicted octanol–water partition coefficient (Wildman–Crippen LogP) is 2.32. The molecule has 146 valence electrons. The van der Waals surface area contributed by atoms with Crippen LogP contribution in [0.15, 0.2) is 24.3 Å². The molecule has 1 N–H and O–H groups in total. The van der Waals surface area contributed by atoms with Crippen LogP contribution < -0.4 is 9.62 Å². The normalized spacial score (nSPS) is 16.4. The van der Waals surface area contributed by atoms with Crippen molar-refractivity contribution in [2.24, 2.45) is 5.92 Å². The fourth-order valence-electron chi connectivity index (χ4n) is 3.32. The number of benzene rings is 1. The highest BCUT2D eigenvalue weighted by Gasteiger charge is 2.19. The van der Waals surface area contributed by atoms with Crippen LogP contribution in [0.2, 0.25) is 0 Å². The molecule has 0 aliphatic carbocycles. The number of carbonyl (C=O) groups excluding carboxylic acids is 1. The molecule has 1 amide bonds. The van der Waals surface area contributed by atoms with Crippen molar-refractivity contribution in [3.05, 3.63) is 29.8 Å². The summed E-state index contributed by atoms with van der Waals surface area (Å²) in [5.41, 5.74) is 1.15. The van der Waals surface area contributed by atoms with Gasteiger partial charge in [0.2, 0.25) is 10.0 Å². The predicted molar refractivity (Wildman–Crippen MR) is 106 cm³/mol. The largest absolute Gasteiger partial charge is 0.352 e. The van der Waals surface area contributed by atoms with E-state index in [0.29, 0.717) is 30.3 Å². The summed E-state index contributed by atoms with van der Waals surface area (Å²) in [6.45, 7) is 6.75.